The molecule has 0 aliphatic carbocycles. The maximum absolute atomic E-state index is 13.8. The van der Waals surface area contributed by atoms with E-state index < -0.39 is 0 Å². The monoisotopic (exact) mass is 340 g/mol. The number of carbonyl (C=O) groups excluding carboxylic acids is 1. The largest absolute Gasteiger partial charge is 0.396 e. The zero-order valence-electron chi connectivity index (χ0n) is 13.5. The second-order valence-electron chi connectivity index (χ2n) is 5.87. The van der Waals surface area contributed by atoms with Crippen molar-refractivity contribution in [3.8, 4) is 0 Å². The number of aliphatic hydroxyl groups is 1. The molecule has 1 aromatic rings. The van der Waals surface area contributed by atoms with Gasteiger partial charge >= 0.3 is 6.03 Å². The summed E-state index contributed by atoms with van der Waals surface area (Å²) in [7, 11) is 0. The van der Waals surface area contributed by atoms with E-state index in [1.54, 1.807) is 6.07 Å². The van der Waals surface area contributed by atoms with Gasteiger partial charge in [0.2, 0.25) is 0 Å². The minimum atomic E-state index is -0.226. The lowest BCUT2D eigenvalue weighted by atomic mass is 10.0. The lowest BCUT2D eigenvalue weighted by Gasteiger charge is -2.26. The van der Waals surface area contributed by atoms with Gasteiger partial charge in [0, 0.05) is 23.8 Å². The van der Waals surface area contributed by atoms with Crippen LogP contribution in [0.5, 0.6) is 0 Å². The molecule has 0 fully saturated rings. The molecule has 4 nitrogen and oxygen atoms in total. The first kappa shape index (κ1) is 18.1. The van der Waals surface area contributed by atoms with E-state index in [9.17, 15) is 9.18 Å². The number of thioether (sulfide) groups is 1. The SMILES string of the molecule is CCCC(CCO)CNC(=O)NC1CCSc2c(F)cccc21. The summed E-state index contributed by atoms with van der Waals surface area (Å²) < 4.78 is 13.8. The van der Waals surface area contributed by atoms with E-state index in [-0.39, 0.29) is 24.5 Å². The van der Waals surface area contributed by atoms with Gasteiger partial charge in [0.05, 0.1) is 6.04 Å². The van der Waals surface area contributed by atoms with Gasteiger partial charge in [0.25, 0.3) is 0 Å². The van der Waals surface area contributed by atoms with Crippen LogP contribution in [0.4, 0.5) is 9.18 Å². The first-order valence-corrected chi connectivity index (χ1v) is 9.20. The topological polar surface area (TPSA) is 61.4 Å². The smallest absolute Gasteiger partial charge is 0.315 e. The van der Waals surface area contributed by atoms with Crippen molar-refractivity contribution in [2.75, 3.05) is 18.9 Å². The van der Waals surface area contributed by atoms with E-state index >= 15 is 0 Å². The Bertz CT molecular complexity index is 521. The number of amides is 2. The van der Waals surface area contributed by atoms with Crippen LogP contribution in [0.1, 0.15) is 44.2 Å². The molecular formula is C17H25FN2O2S. The Kier molecular flexibility index (Phi) is 7.17. The Balaban J connectivity index is 1.90. The van der Waals surface area contributed by atoms with Crippen molar-refractivity contribution in [3.63, 3.8) is 0 Å². The molecule has 2 amide bonds. The third-order valence-electron chi connectivity index (χ3n) is 4.12. The van der Waals surface area contributed by atoms with E-state index in [1.807, 2.05) is 6.07 Å². The van der Waals surface area contributed by atoms with Gasteiger partial charge in [-0.1, -0.05) is 25.5 Å². The molecule has 23 heavy (non-hydrogen) atoms. The number of hydrogen-bond donors (Lipinski definition) is 3. The summed E-state index contributed by atoms with van der Waals surface area (Å²) in [6.07, 6.45) is 3.50. The fourth-order valence-electron chi connectivity index (χ4n) is 2.92. The predicted octanol–water partition coefficient (Wildman–Crippen LogP) is 3.46. The van der Waals surface area contributed by atoms with E-state index in [2.05, 4.69) is 17.6 Å². The van der Waals surface area contributed by atoms with Gasteiger partial charge in [0.15, 0.2) is 0 Å². The standard InChI is InChI=1S/C17H25FN2O2S/c1-2-4-12(7-9-21)11-19-17(22)20-15-8-10-23-16-13(15)5-3-6-14(16)18/h3,5-6,12,15,21H,2,4,7-11H2,1H3,(H2,19,20,22). The average Bonchev–Trinajstić information content (AvgIpc) is 2.54. The number of hydrogen-bond acceptors (Lipinski definition) is 3. The molecule has 1 aliphatic rings. The maximum atomic E-state index is 13.8. The third kappa shape index (κ3) is 5.11. The van der Waals surface area contributed by atoms with Crippen molar-refractivity contribution in [2.45, 2.75) is 43.5 Å². The third-order valence-corrected chi connectivity index (χ3v) is 5.28. The molecule has 1 aliphatic heterocycles. The van der Waals surface area contributed by atoms with Crippen LogP contribution in [-0.2, 0) is 0 Å². The molecule has 0 aromatic heterocycles. The van der Waals surface area contributed by atoms with Crippen molar-refractivity contribution in [1.29, 1.82) is 0 Å². The number of urea groups is 1. The normalized spacial score (nSPS) is 18.1. The summed E-state index contributed by atoms with van der Waals surface area (Å²) in [5.74, 6) is 0.870. The fraction of sp³-hybridized carbons (Fsp3) is 0.588. The Labute approximate surface area is 141 Å². The Hall–Kier alpha value is -1.27. The molecule has 0 bridgehead atoms. The summed E-state index contributed by atoms with van der Waals surface area (Å²) in [4.78, 5) is 12.8. The molecule has 1 aromatic carbocycles. The maximum Gasteiger partial charge on any atom is 0.315 e. The van der Waals surface area contributed by atoms with Gasteiger partial charge in [-0.25, -0.2) is 9.18 Å². The summed E-state index contributed by atoms with van der Waals surface area (Å²) in [6, 6.07) is 4.64. The molecule has 3 N–H and O–H groups in total. The molecule has 1 heterocycles. The lowest BCUT2D eigenvalue weighted by Crippen LogP contribution is -2.41. The number of halogens is 1. The van der Waals surface area contributed by atoms with E-state index in [1.165, 1.54) is 17.8 Å². The molecule has 128 valence electrons. The highest BCUT2D eigenvalue weighted by atomic mass is 32.2. The summed E-state index contributed by atoms with van der Waals surface area (Å²) >= 11 is 1.50. The second kappa shape index (κ2) is 9.13. The van der Waals surface area contributed by atoms with Gasteiger partial charge in [-0.2, -0.15) is 0 Å². The van der Waals surface area contributed by atoms with Crippen molar-refractivity contribution in [2.24, 2.45) is 5.92 Å². The van der Waals surface area contributed by atoms with Crippen LogP contribution in [0.25, 0.3) is 0 Å². The average molecular weight is 340 g/mol. The molecule has 0 saturated carbocycles. The minimum Gasteiger partial charge on any atom is -0.396 e. The summed E-state index contributed by atoms with van der Waals surface area (Å²) in [5, 5.41) is 14.9. The highest BCUT2D eigenvalue weighted by molar-refractivity contribution is 7.99. The molecular weight excluding hydrogens is 315 g/mol. The Morgan fingerprint density at radius 2 is 2.30 bits per heavy atom. The molecule has 0 spiro atoms. The number of fused-ring (bicyclic) bond motifs is 1. The molecule has 0 saturated heterocycles. The van der Waals surface area contributed by atoms with Crippen LogP contribution < -0.4 is 10.6 Å². The van der Waals surface area contributed by atoms with Crippen LogP contribution in [0.15, 0.2) is 23.1 Å². The molecule has 2 atom stereocenters. The Morgan fingerprint density at radius 3 is 3.04 bits per heavy atom. The minimum absolute atomic E-state index is 0.139. The van der Waals surface area contributed by atoms with E-state index in [4.69, 9.17) is 5.11 Å². The van der Waals surface area contributed by atoms with Crippen molar-refractivity contribution in [3.05, 3.63) is 29.6 Å². The van der Waals surface area contributed by atoms with Crippen LogP contribution in [-0.4, -0.2) is 30.0 Å². The first-order valence-electron chi connectivity index (χ1n) is 8.22. The van der Waals surface area contributed by atoms with Gasteiger partial charge < -0.3 is 15.7 Å². The highest BCUT2D eigenvalue weighted by Gasteiger charge is 2.24. The summed E-state index contributed by atoms with van der Waals surface area (Å²) in [5.41, 5.74) is 0.858. The van der Waals surface area contributed by atoms with Gasteiger partial charge in [-0.15, -0.1) is 11.8 Å². The van der Waals surface area contributed by atoms with Crippen LogP contribution in [0.2, 0.25) is 0 Å². The molecule has 0 radical (unpaired) electrons. The number of aliphatic hydroxyl groups excluding tert-OH is 1. The summed E-state index contributed by atoms with van der Waals surface area (Å²) in [6.45, 7) is 2.79. The van der Waals surface area contributed by atoms with Crippen LogP contribution in [0, 0.1) is 11.7 Å². The molecule has 6 heteroatoms. The van der Waals surface area contributed by atoms with Gasteiger partial charge in [0.1, 0.15) is 5.82 Å². The van der Waals surface area contributed by atoms with E-state index in [0.717, 1.165) is 30.6 Å². The van der Waals surface area contributed by atoms with Crippen LogP contribution >= 0.6 is 11.8 Å². The first-order chi connectivity index (χ1) is 11.2. The molecule has 2 unspecified atom stereocenters. The van der Waals surface area contributed by atoms with Crippen molar-refractivity contribution < 1.29 is 14.3 Å². The lowest BCUT2D eigenvalue weighted by molar-refractivity contribution is 0.226. The quantitative estimate of drug-likeness (QED) is 0.712. The van der Waals surface area contributed by atoms with Crippen molar-refractivity contribution in [1.82, 2.24) is 10.6 Å². The molecule has 2 rings (SSSR count). The number of nitrogens with one attached hydrogen (secondary N) is 2. The Morgan fingerprint density at radius 1 is 1.48 bits per heavy atom. The van der Waals surface area contributed by atoms with Crippen molar-refractivity contribution >= 4 is 17.8 Å². The van der Waals surface area contributed by atoms with Crippen LogP contribution in [0.3, 0.4) is 0 Å². The number of benzene rings is 1. The number of rotatable bonds is 7. The number of carbonyl (C=O) groups is 1. The zero-order valence-corrected chi connectivity index (χ0v) is 14.3. The predicted molar refractivity (Wildman–Crippen MR) is 91.1 cm³/mol. The second-order valence-corrected chi connectivity index (χ2v) is 6.97. The van der Waals surface area contributed by atoms with Gasteiger partial charge in [-0.05, 0) is 36.8 Å². The fourth-order valence-corrected chi connectivity index (χ4v) is 4.06. The van der Waals surface area contributed by atoms with E-state index in [0.29, 0.717) is 23.8 Å². The highest BCUT2D eigenvalue weighted by Crippen LogP contribution is 2.37. The zero-order chi connectivity index (χ0) is 16.7. The van der Waals surface area contributed by atoms with Gasteiger partial charge in [-0.3, -0.25) is 0 Å².